The van der Waals surface area contributed by atoms with E-state index in [1.54, 1.807) is 36.4 Å². The number of nitrogens with one attached hydrogen (secondary N) is 1. The minimum absolute atomic E-state index is 0. The first-order chi connectivity index (χ1) is 9.67. The summed E-state index contributed by atoms with van der Waals surface area (Å²) in [5.41, 5.74) is 7.23. The predicted octanol–water partition coefficient (Wildman–Crippen LogP) is 3.24. The minimum Gasteiger partial charge on any atom is -0.484 e. The molecule has 0 saturated carbocycles. The fraction of sp³-hybridized carbons (Fsp3) is 0.133. The van der Waals surface area contributed by atoms with Crippen LogP contribution in [0.15, 0.2) is 48.5 Å². The lowest BCUT2D eigenvalue weighted by Gasteiger charge is -2.08. The molecule has 4 nitrogen and oxygen atoms in total. The van der Waals surface area contributed by atoms with Gasteiger partial charge in [0.2, 0.25) is 0 Å². The summed E-state index contributed by atoms with van der Waals surface area (Å²) in [6.45, 7) is 0.408. The van der Waals surface area contributed by atoms with Gasteiger partial charge in [-0.1, -0.05) is 29.8 Å². The van der Waals surface area contributed by atoms with Crippen LogP contribution in [0.25, 0.3) is 0 Å². The number of hydrogen-bond acceptors (Lipinski definition) is 3. The lowest BCUT2D eigenvalue weighted by molar-refractivity contribution is -0.118. The number of rotatable bonds is 5. The van der Waals surface area contributed by atoms with E-state index in [1.165, 1.54) is 0 Å². The van der Waals surface area contributed by atoms with Crippen molar-refractivity contribution in [3.05, 3.63) is 59.1 Å². The molecule has 2 rings (SSSR count). The maximum absolute atomic E-state index is 11.7. The van der Waals surface area contributed by atoms with Crippen molar-refractivity contribution in [2.24, 2.45) is 5.73 Å². The van der Waals surface area contributed by atoms with E-state index in [0.29, 0.717) is 23.0 Å². The summed E-state index contributed by atoms with van der Waals surface area (Å²) in [4.78, 5) is 11.7. The van der Waals surface area contributed by atoms with E-state index in [9.17, 15) is 4.79 Å². The van der Waals surface area contributed by atoms with Gasteiger partial charge in [0.15, 0.2) is 6.61 Å². The monoisotopic (exact) mass is 326 g/mol. The normalized spacial score (nSPS) is 9.62. The summed E-state index contributed by atoms with van der Waals surface area (Å²) >= 11 is 5.83. The van der Waals surface area contributed by atoms with Crippen molar-refractivity contribution in [1.82, 2.24) is 0 Å². The number of halogens is 2. The summed E-state index contributed by atoms with van der Waals surface area (Å²) in [7, 11) is 0. The lowest BCUT2D eigenvalue weighted by atomic mass is 10.2. The molecule has 0 aliphatic rings. The average Bonchev–Trinajstić information content (AvgIpc) is 2.46. The van der Waals surface area contributed by atoms with Gasteiger partial charge >= 0.3 is 0 Å². The van der Waals surface area contributed by atoms with Crippen molar-refractivity contribution in [3.8, 4) is 5.75 Å². The molecule has 0 aliphatic heterocycles. The van der Waals surface area contributed by atoms with Gasteiger partial charge in [-0.3, -0.25) is 4.79 Å². The number of amides is 1. The highest BCUT2D eigenvalue weighted by Crippen LogP contribution is 2.17. The van der Waals surface area contributed by atoms with Gasteiger partial charge in [0.05, 0.1) is 0 Å². The Kier molecular flexibility index (Phi) is 7.02. The first-order valence-corrected chi connectivity index (χ1v) is 6.52. The molecule has 0 unspecified atom stereocenters. The van der Waals surface area contributed by atoms with E-state index >= 15 is 0 Å². The van der Waals surface area contributed by atoms with Crippen LogP contribution in [0.4, 0.5) is 5.69 Å². The third-order valence-corrected chi connectivity index (χ3v) is 2.87. The van der Waals surface area contributed by atoms with Gasteiger partial charge in [-0.25, -0.2) is 0 Å². The average molecular weight is 327 g/mol. The SMILES string of the molecule is Cl.NCc1ccc(NC(=O)COc2cccc(Cl)c2)cc1. The van der Waals surface area contributed by atoms with Crippen molar-refractivity contribution in [2.45, 2.75) is 6.54 Å². The van der Waals surface area contributed by atoms with E-state index < -0.39 is 0 Å². The largest absolute Gasteiger partial charge is 0.484 e. The Morgan fingerprint density at radius 1 is 1.19 bits per heavy atom. The molecule has 1 amide bonds. The number of carbonyl (C=O) groups excluding carboxylic acids is 1. The molecule has 0 radical (unpaired) electrons. The third-order valence-electron chi connectivity index (χ3n) is 2.64. The van der Waals surface area contributed by atoms with Crippen molar-refractivity contribution in [3.63, 3.8) is 0 Å². The van der Waals surface area contributed by atoms with Gasteiger partial charge in [-0.15, -0.1) is 12.4 Å². The number of benzene rings is 2. The third kappa shape index (κ3) is 5.63. The molecule has 0 fully saturated rings. The van der Waals surface area contributed by atoms with E-state index in [2.05, 4.69) is 5.32 Å². The summed E-state index contributed by atoms with van der Waals surface area (Å²) in [6.07, 6.45) is 0. The van der Waals surface area contributed by atoms with E-state index in [1.807, 2.05) is 12.1 Å². The Labute approximate surface area is 134 Å². The van der Waals surface area contributed by atoms with Gasteiger partial charge in [0, 0.05) is 17.3 Å². The molecule has 2 aromatic rings. The quantitative estimate of drug-likeness (QED) is 0.886. The fourth-order valence-corrected chi connectivity index (χ4v) is 1.81. The molecule has 0 heterocycles. The molecule has 0 aromatic heterocycles. The zero-order valence-electron chi connectivity index (χ0n) is 11.2. The van der Waals surface area contributed by atoms with Crippen LogP contribution in [-0.2, 0) is 11.3 Å². The van der Waals surface area contributed by atoms with E-state index in [0.717, 1.165) is 5.56 Å². The molecular formula is C15H16Cl2N2O2. The van der Waals surface area contributed by atoms with Gasteiger partial charge < -0.3 is 15.8 Å². The number of anilines is 1. The zero-order valence-corrected chi connectivity index (χ0v) is 12.8. The van der Waals surface area contributed by atoms with E-state index in [4.69, 9.17) is 22.1 Å². The van der Waals surface area contributed by atoms with Crippen LogP contribution in [0.1, 0.15) is 5.56 Å². The Morgan fingerprint density at radius 3 is 2.52 bits per heavy atom. The molecule has 0 atom stereocenters. The van der Waals surface area contributed by atoms with Gasteiger partial charge in [-0.2, -0.15) is 0 Å². The van der Waals surface area contributed by atoms with Crippen LogP contribution in [0.5, 0.6) is 5.75 Å². The summed E-state index contributed by atoms with van der Waals surface area (Å²) in [5, 5.41) is 3.31. The second-order valence-electron chi connectivity index (χ2n) is 4.20. The standard InChI is InChI=1S/C15H15ClN2O2.ClH/c16-12-2-1-3-14(8-12)20-10-15(19)18-13-6-4-11(9-17)5-7-13;/h1-8H,9-10,17H2,(H,18,19);1H. The van der Waals surface area contributed by atoms with Crippen LogP contribution in [-0.4, -0.2) is 12.5 Å². The molecule has 0 aliphatic carbocycles. The van der Waals surface area contributed by atoms with Crippen molar-refractivity contribution in [1.29, 1.82) is 0 Å². The maximum Gasteiger partial charge on any atom is 0.262 e. The topological polar surface area (TPSA) is 64.3 Å². The van der Waals surface area contributed by atoms with Crippen LogP contribution < -0.4 is 15.8 Å². The van der Waals surface area contributed by atoms with Crippen LogP contribution in [0, 0.1) is 0 Å². The highest BCUT2D eigenvalue weighted by atomic mass is 35.5. The van der Waals surface area contributed by atoms with Crippen molar-refractivity contribution < 1.29 is 9.53 Å². The first kappa shape index (κ1) is 17.3. The van der Waals surface area contributed by atoms with Crippen LogP contribution >= 0.6 is 24.0 Å². The molecule has 3 N–H and O–H groups in total. The number of ether oxygens (including phenoxy) is 1. The Bertz CT molecular complexity index is 588. The molecular weight excluding hydrogens is 311 g/mol. The highest BCUT2D eigenvalue weighted by Gasteiger charge is 2.04. The van der Waals surface area contributed by atoms with Gasteiger partial charge in [-0.05, 0) is 35.9 Å². The summed E-state index contributed by atoms with van der Waals surface area (Å²) < 4.78 is 5.35. The van der Waals surface area contributed by atoms with E-state index in [-0.39, 0.29) is 24.9 Å². The second-order valence-corrected chi connectivity index (χ2v) is 4.63. The molecule has 2 aromatic carbocycles. The number of carbonyl (C=O) groups is 1. The summed E-state index contributed by atoms with van der Waals surface area (Å²) in [6, 6.07) is 14.3. The molecule has 112 valence electrons. The lowest BCUT2D eigenvalue weighted by Crippen LogP contribution is -2.20. The molecule has 0 bridgehead atoms. The second kappa shape index (κ2) is 8.52. The van der Waals surface area contributed by atoms with Crippen molar-refractivity contribution >= 4 is 35.6 Å². The Hall–Kier alpha value is -1.75. The van der Waals surface area contributed by atoms with Crippen molar-refractivity contribution in [2.75, 3.05) is 11.9 Å². The van der Waals surface area contributed by atoms with Crippen LogP contribution in [0.3, 0.4) is 0 Å². The molecule has 6 heteroatoms. The number of nitrogens with two attached hydrogens (primary N) is 1. The molecule has 0 saturated heterocycles. The highest BCUT2D eigenvalue weighted by molar-refractivity contribution is 6.30. The Morgan fingerprint density at radius 2 is 1.90 bits per heavy atom. The maximum atomic E-state index is 11.7. The summed E-state index contributed by atoms with van der Waals surface area (Å²) in [5.74, 6) is 0.330. The smallest absolute Gasteiger partial charge is 0.262 e. The van der Waals surface area contributed by atoms with Gasteiger partial charge in [0.25, 0.3) is 5.91 Å². The number of hydrogen-bond donors (Lipinski definition) is 2. The Balaban J connectivity index is 0.00000220. The molecule has 0 spiro atoms. The minimum atomic E-state index is -0.231. The van der Waals surface area contributed by atoms with Crippen LogP contribution in [0.2, 0.25) is 5.02 Å². The first-order valence-electron chi connectivity index (χ1n) is 6.14. The van der Waals surface area contributed by atoms with Gasteiger partial charge in [0.1, 0.15) is 5.75 Å². The fourth-order valence-electron chi connectivity index (χ4n) is 1.63. The predicted molar refractivity (Wildman–Crippen MR) is 87.2 cm³/mol. The molecule has 21 heavy (non-hydrogen) atoms. The zero-order chi connectivity index (χ0) is 14.4.